The highest BCUT2D eigenvalue weighted by atomic mass is 15.2. The monoisotopic (exact) mass is 402 g/mol. The molecule has 0 spiro atoms. The molecule has 0 saturated carbocycles. The van der Waals surface area contributed by atoms with Crippen LogP contribution >= 0.6 is 0 Å². The number of nitrogens with one attached hydrogen (secondary N) is 4. The highest BCUT2D eigenvalue weighted by Crippen LogP contribution is 2.26. The molecule has 156 valence electrons. The molecule has 6 nitrogen and oxygen atoms in total. The highest BCUT2D eigenvalue weighted by Gasteiger charge is 2.13. The maximum absolute atomic E-state index is 3.46. The summed E-state index contributed by atoms with van der Waals surface area (Å²) in [5.41, 5.74) is 3.81. The van der Waals surface area contributed by atoms with Gasteiger partial charge in [0.05, 0.1) is 0 Å². The number of piperazine rings is 2. The van der Waals surface area contributed by atoms with Gasteiger partial charge in [-0.15, -0.1) is 0 Å². The van der Waals surface area contributed by atoms with Crippen LogP contribution in [-0.2, 0) is 0 Å². The second-order valence-electron chi connectivity index (χ2n) is 7.93. The number of nitrogens with zero attached hydrogens (tertiary/aromatic N) is 2. The molecule has 0 amide bonds. The largest absolute Gasteiger partial charge is 0.368 e. The van der Waals surface area contributed by atoms with Gasteiger partial charge in [0.2, 0.25) is 0 Å². The first kappa shape index (κ1) is 19.0. The van der Waals surface area contributed by atoms with Crippen molar-refractivity contribution in [2.24, 2.45) is 0 Å². The Kier molecular flexibility index (Phi) is 5.59. The van der Waals surface area contributed by atoms with Gasteiger partial charge in [-0.05, 0) is 30.3 Å². The van der Waals surface area contributed by atoms with E-state index >= 15 is 0 Å². The summed E-state index contributed by atoms with van der Waals surface area (Å²) in [6.07, 6.45) is 2.01. The Bertz CT molecular complexity index is 1050. The van der Waals surface area contributed by atoms with Gasteiger partial charge in [0.1, 0.15) is 5.82 Å². The van der Waals surface area contributed by atoms with Crippen LogP contribution in [-0.4, -0.2) is 62.3 Å². The molecule has 4 heterocycles. The third-order valence-corrected chi connectivity index (χ3v) is 6.00. The van der Waals surface area contributed by atoms with Crippen LogP contribution in [0, 0.1) is 0 Å². The fraction of sp³-hybridized carbons (Fsp3) is 0.333. The Labute approximate surface area is 177 Å². The van der Waals surface area contributed by atoms with Gasteiger partial charge in [0.25, 0.3) is 0 Å². The predicted molar refractivity (Wildman–Crippen MR) is 127 cm³/mol. The molecule has 4 N–H and O–H groups in total. The molecule has 0 bridgehead atoms. The first-order valence-corrected chi connectivity index (χ1v) is 10.9. The Balaban J connectivity index is 0.000000128. The van der Waals surface area contributed by atoms with Gasteiger partial charge in [0, 0.05) is 86.0 Å². The molecular formula is C24H30N6. The van der Waals surface area contributed by atoms with E-state index in [0.29, 0.717) is 0 Å². The van der Waals surface area contributed by atoms with Crippen LogP contribution in [0.3, 0.4) is 0 Å². The molecule has 2 aliphatic rings. The second-order valence-corrected chi connectivity index (χ2v) is 7.93. The van der Waals surface area contributed by atoms with Gasteiger partial charge >= 0.3 is 0 Å². The van der Waals surface area contributed by atoms with Crippen LogP contribution in [0.15, 0.2) is 60.8 Å². The summed E-state index contributed by atoms with van der Waals surface area (Å²) in [5.74, 6) is 1.25. The summed E-state index contributed by atoms with van der Waals surface area (Å²) in [4.78, 5) is 11.6. The standard InChI is InChI=1S/2C12H15N3/c1-2-11-10(4-5-14-11)12(3-1)15-8-6-13-7-9-15;1-2-4-11-10(3-1)9-12(14-11)15-7-5-13-6-8-15/h1-5,13-14H,6-9H2;1-4,9,13-14H,5-8H2. The van der Waals surface area contributed by atoms with E-state index in [9.17, 15) is 0 Å². The summed E-state index contributed by atoms with van der Waals surface area (Å²) < 4.78 is 0. The average Bonchev–Trinajstić information content (AvgIpc) is 3.47. The second kappa shape index (κ2) is 8.81. The predicted octanol–water partition coefficient (Wildman–Crippen LogP) is 3.16. The fourth-order valence-corrected chi connectivity index (χ4v) is 4.38. The van der Waals surface area contributed by atoms with Crippen molar-refractivity contribution in [2.45, 2.75) is 0 Å². The van der Waals surface area contributed by atoms with E-state index in [1.54, 1.807) is 0 Å². The molecule has 0 unspecified atom stereocenters. The van der Waals surface area contributed by atoms with Crippen LogP contribution in [0.5, 0.6) is 0 Å². The lowest BCUT2D eigenvalue weighted by Gasteiger charge is -2.30. The zero-order valence-corrected chi connectivity index (χ0v) is 17.3. The van der Waals surface area contributed by atoms with Crippen molar-refractivity contribution in [1.29, 1.82) is 0 Å². The van der Waals surface area contributed by atoms with Gasteiger partial charge < -0.3 is 30.4 Å². The number of hydrogen-bond donors (Lipinski definition) is 4. The summed E-state index contributed by atoms with van der Waals surface area (Å²) in [5, 5.41) is 9.37. The van der Waals surface area contributed by atoms with Gasteiger partial charge in [0.15, 0.2) is 0 Å². The summed E-state index contributed by atoms with van der Waals surface area (Å²) >= 11 is 0. The van der Waals surface area contributed by atoms with E-state index < -0.39 is 0 Å². The zero-order valence-electron chi connectivity index (χ0n) is 17.3. The normalized spacial score (nSPS) is 17.2. The van der Waals surface area contributed by atoms with E-state index in [-0.39, 0.29) is 0 Å². The highest BCUT2D eigenvalue weighted by molar-refractivity contribution is 5.92. The van der Waals surface area contributed by atoms with E-state index in [4.69, 9.17) is 0 Å². The summed E-state index contributed by atoms with van der Waals surface area (Å²) in [7, 11) is 0. The number of aromatic nitrogens is 2. The number of aromatic amines is 2. The van der Waals surface area contributed by atoms with Gasteiger partial charge in [-0.25, -0.2) is 0 Å². The summed E-state index contributed by atoms with van der Waals surface area (Å²) in [6, 6.07) is 19.3. The number of H-pyrrole nitrogens is 2. The lowest BCUT2D eigenvalue weighted by Crippen LogP contribution is -2.43. The molecular weight excluding hydrogens is 372 g/mol. The maximum atomic E-state index is 3.46. The number of anilines is 2. The van der Waals surface area contributed by atoms with Gasteiger partial charge in [-0.2, -0.15) is 0 Å². The number of rotatable bonds is 2. The maximum Gasteiger partial charge on any atom is 0.106 e. The van der Waals surface area contributed by atoms with Crippen molar-refractivity contribution in [1.82, 2.24) is 20.6 Å². The zero-order chi connectivity index (χ0) is 20.2. The number of hydrogen-bond acceptors (Lipinski definition) is 4. The molecule has 2 saturated heterocycles. The van der Waals surface area contributed by atoms with Crippen LogP contribution < -0.4 is 20.4 Å². The molecule has 2 fully saturated rings. The Morgan fingerprint density at radius 1 is 0.667 bits per heavy atom. The first-order valence-electron chi connectivity index (χ1n) is 10.9. The first-order chi connectivity index (χ1) is 14.9. The van der Waals surface area contributed by atoms with Crippen molar-refractivity contribution < 1.29 is 0 Å². The quantitative estimate of drug-likeness (QED) is 0.416. The van der Waals surface area contributed by atoms with E-state index in [1.807, 2.05) is 6.20 Å². The Morgan fingerprint density at radius 2 is 1.37 bits per heavy atom. The minimum Gasteiger partial charge on any atom is -0.368 e. The van der Waals surface area contributed by atoms with E-state index in [1.165, 1.54) is 33.3 Å². The van der Waals surface area contributed by atoms with Crippen molar-refractivity contribution in [3.63, 3.8) is 0 Å². The third kappa shape index (κ3) is 4.01. The smallest absolute Gasteiger partial charge is 0.106 e. The molecule has 0 atom stereocenters. The molecule has 2 aromatic carbocycles. The minimum atomic E-state index is 1.08. The van der Waals surface area contributed by atoms with Crippen molar-refractivity contribution in [3.05, 3.63) is 60.8 Å². The molecule has 2 aliphatic heterocycles. The Morgan fingerprint density at radius 3 is 2.13 bits per heavy atom. The molecule has 6 rings (SSSR count). The number of benzene rings is 2. The van der Waals surface area contributed by atoms with Crippen LogP contribution in [0.25, 0.3) is 21.8 Å². The lowest BCUT2D eigenvalue weighted by atomic mass is 10.2. The van der Waals surface area contributed by atoms with E-state index in [2.05, 4.69) is 85.0 Å². The molecule has 0 radical (unpaired) electrons. The Hall–Kier alpha value is -2.96. The fourth-order valence-electron chi connectivity index (χ4n) is 4.38. The minimum absolute atomic E-state index is 1.08. The molecule has 4 aromatic rings. The van der Waals surface area contributed by atoms with Crippen LogP contribution in [0.2, 0.25) is 0 Å². The van der Waals surface area contributed by atoms with Gasteiger partial charge in [-0.3, -0.25) is 0 Å². The number of para-hydroxylation sites is 1. The third-order valence-electron chi connectivity index (χ3n) is 6.00. The SMILES string of the molecule is c1cc(N2CCNCC2)c2cc[nH]c2c1.c1ccc2[nH]c(N3CCNCC3)cc2c1. The molecule has 30 heavy (non-hydrogen) atoms. The van der Waals surface area contributed by atoms with Crippen molar-refractivity contribution in [2.75, 3.05) is 62.2 Å². The average molecular weight is 403 g/mol. The van der Waals surface area contributed by atoms with Crippen LogP contribution in [0.4, 0.5) is 11.5 Å². The molecule has 2 aromatic heterocycles. The van der Waals surface area contributed by atoms with Crippen LogP contribution in [0.1, 0.15) is 0 Å². The van der Waals surface area contributed by atoms with Crippen molar-refractivity contribution in [3.8, 4) is 0 Å². The van der Waals surface area contributed by atoms with Crippen molar-refractivity contribution >= 4 is 33.3 Å². The van der Waals surface area contributed by atoms with Gasteiger partial charge in [-0.1, -0.05) is 24.3 Å². The lowest BCUT2D eigenvalue weighted by molar-refractivity contribution is 0.586. The van der Waals surface area contributed by atoms with E-state index in [0.717, 1.165) is 52.4 Å². The summed E-state index contributed by atoms with van der Waals surface area (Å²) in [6.45, 7) is 8.71. The topological polar surface area (TPSA) is 62.1 Å². The molecule has 0 aliphatic carbocycles. The number of fused-ring (bicyclic) bond motifs is 2. The molecule has 6 heteroatoms.